The normalized spacial score (nSPS) is 12.4. The standard InChI is InChI=1S/C14H16FN3/c1-3-17-14(12-9-16-7-6-10(12)2)13-5-4-11(15)8-18-13/h4-9,14,17H,3H2,1-2H3. The van der Waals surface area contributed by atoms with E-state index >= 15 is 0 Å². The lowest BCUT2D eigenvalue weighted by atomic mass is 10.0. The van der Waals surface area contributed by atoms with E-state index in [2.05, 4.69) is 15.3 Å². The lowest BCUT2D eigenvalue weighted by Gasteiger charge is -2.19. The fraction of sp³-hybridized carbons (Fsp3) is 0.286. The molecule has 0 saturated carbocycles. The Labute approximate surface area is 106 Å². The van der Waals surface area contributed by atoms with Gasteiger partial charge in [-0.25, -0.2) is 4.39 Å². The summed E-state index contributed by atoms with van der Waals surface area (Å²) in [6.45, 7) is 4.87. The van der Waals surface area contributed by atoms with E-state index in [9.17, 15) is 4.39 Å². The van der Waals surface area contributed by atoms with Gasteiger partial charge in [0.15, 0.2) is 0 Å². The van der Waals surface area contributed by atoms with E-state index in [0.29, 0.717) is 0 Å². The summed E-state index contributed by atoms with van der Waals surface area (Å²) in [5.41, 5.74) is 3.01. The van der Waals surface area contributed by atoms with E-state index in [1.54, 1.807) is 12.3 Å². The maximum Gasteiger partial charge on any atom is 0.141 e. The molecule has 4 heteroatoms. The van der Waals surface area contributed by atoms with Crippen LogP contribution in [0.25, 0.3) is 0 Å². The van der Waals surface area contributed by atoms with E-state index < -0.39 is 0 Å². The zero-order valence-corrected chi connectivity index (χ0v) is 10.5. The Bertz CT molecular complexity index is 511. The topological polar surface area (TPSA) is 37.8 Å². The van der Waals surface area contributed by atoms with Gasteiger partial charge >= 0.3 is 0 Å². The van der Waals surface area contributed by atoms with Crippen molar-refractivity contribution in [3.8, 4) is 0 Å². The predicted molar refractivity (Wildman–Crippen MR) is 68.7 cm³/mol. The van der Waals surface area contributed by atoms with Gasteiger partial charge in [-0.05, 0) is 42.8 Å². The highest BCUT2D eigenvalue weighted by molar-refractivity contribution is 5.31. The SMILES string of the molecule is CCNC(c1ccc(F)cn1)c1cnccc1C. The molecule has 2 heterocycles. The van der Waals surface area contributed by atoms with E-state index in [4.69, 9.17) is 0 Å². The molecule has 0 spiro atoms. The van der Waals surface area contributed by atoms with Crippen LogP contribution in [-0.2, 0) is 0 Å². The first-order chi connectivity index (χ1) is 8.72. The second-order valence-electron chi connectivity index (χ2n) is 4.12. The van der Waals surface area contributed by atoms with Crippen LogP contribution in [0.1, 0.15) is 29.8 Å². The smallest absolute Gasteiger partial charge is 0.141 e. The van der Waals surface area contributed by atoms with Crippen molar-refractivity contribution in [3.05, 3.63) is 59.4 Å². The van der Waals surface area contributed by atoms with Gasteiger partial charge in [-0.3, -0.25) is 9.97 Å². The minimum absolute atomic E-state index is 0.0516. The van der Waals surface area contributed by atoms with Crippen molar-refractivity contribution in [2.75, 3.05) is 6.54 Å². The van der Waals surface area contributed by atoms with Crippen LogP contribution in [0.15, 0.2) is 36.8 Å². The molecule has 0 aliphatic rings. The highest BCUT2D eigenvalue weighted by atomic mass is 19.1. The first kappa shape index (κ1) is 12.6. The highest BCUT2D eigenvalue weighted by Gasteiger charge is 2.16. The van der Waals surface area contributed by atoms with Crippen LogP contribution in [0.3, 0.4) is 0 Å². The third-order valence-electron chi connectivity index (χ3n) is 2.84. The van der Waals surface area contributed by atoms with Gasteiger partial charge in [0, 0.05) is 12.4 Å². The minimum atomic E-state index is -0.322. The largest absolute Gasteiger partial charge is 0.305 e. The van der Waals surface area contributed by atoms with E-state index in [1.165, 1.54) is 12.3 Å². The van der Waals surface area contributed by atoms with Crippen LogP contribution in [-0.4, -0.2) is 16.5 Å². The monoisotopic (exact) mass is 245 g/mol. The number of halogens is 1. The van der Waals surface area contributed by atoms with Crippen molar-refractivity contribution < 1.29 is 4.39 Å². The number of hydrogen-bond acceptors (Lipinski definition) is 3. The summed E-state index contributed by atoms with van der Waals surface area (Å²) in [5, 5.41) is 3.35. The van der Waals surface area contributed by atoms with Crippen molar-refractivity contribution in [3.63, 3.8) is 0 Å². The molecule has 3 nitrogen and oxygen atoms in total. The van der Waals surface area contributed by atoms with E-state index in [-0.39, 0.29) is 11.9 Å². The summed E-state index contributed by atoms with van der Waals surface area (Å²) < 4.78 is 12.9. The molecule has 1 unspecified atom stereocenters. The number of rotatable bonds is 4. The van der Waals surface area contributed by atoms with Gasteiger partial charge < -0.3 is 5.32 Å². The number of nitrogens with zero attached hydrogens (tertiary/aromatic N) is 2. The lowest BCUT2D eigenvalue weighted by molar-refractivity contribution is 0.592. The maximum atomic E-state index is 12.9. The Kier molecular flexibility index (Phi) is 3.99. The fourth-order valence-electron chi connectivity index (χ4n) is 1.91. The first-order valence-electron chi connectivity index (χ1n) is 5.97. The van der Waals surface area contributed by atoms with Gasteiger partial charge in [0.2, 0.25) is 0 Å². The summed E-state index contributed by atoms with van der Waals surface area (Å²) in [5.74, 6) is -0.322. The van der Waals surface area contributed by atoms with Gasteiger partial charge in [0.1, 0.15) is 5.82 Å². The van der Waals surface area contributed by atoms with Crippen LogP contribution in [0, 0.1) is 12.7 Å². The number of pyridine rings is 2. The summed E-state index contributed by atoms with van der Waals surface area (Å²) in [6.07, 6.45) is 4.83. The summed E-state index contributed by atoms with van der Waals surface area (Å²) >= 11 is 0. The lowest BCUT2D eigenvalue weighted by Crippen LogP contribution is -2.23. The second kappa shape index (κ2) is 5.69. The molecule has 0 radical (unpaired) electrons. The molecule has 0 fully saturated rings. The quantitative estimate of drug-likeness (QED) is 0.899. The van der Waals surface area contributed by atoms with E-state index in [1.807, 2.05) is 26.1 Å². The molecule has 2 rings (SSSR count). The first-order valence-corrected chi connectivity index (χ1v) is 5.97. The molecule has 1 N–H and O–H groups in total. The van der Waals surface area contributed by atoms with Crippen LogP contribution in [0.4, 0.5) is 4.39 Å². The Morgan fingerprint density at radius 1 is 1.28 bits per heavy atom. The Hall–Kier alpha value is -1.81. The van der Waals surface area contributed by atoms with Gasteiger partial charge in [0.25, 0.3) is 0 Å². The van der Waals surface area contributed by atoms with Crippen LogP contribution >= 0.6 is 0 Å². The summed E-state index contributed by atoms with van der Waals surface area (Å²) in [4.78, 5) is 8.30. The van der Waals surface area contributed by atoms with Crippen LogP contribution < -0.4 is 5.32 Å². The fourth-order valence-corrected chi connectivity index (χ4v) is 1.91. The molecular weight excluding hydrogens is 229 g/mol. The van der Waals surface area contributed by atoms with Crippen LogP contribution in [0.5, 0.6) is 0 Å². The molecule has 0 aromatic carbocycles. The Morgan fingerprint density at radius 3 is 2.72 bits per heavy atom. The number of hydrogen-bond donors (Lipinski definition) is 1. The molecular formula is C14H16FN3. The highest BCUT2D eigenvalue weighted by Crippen LogP contribution is 2.22. The molecule has 0 aliphatic heterocycles. The molecule has 0 amide bonds. The van der Waals surface area contributed by atoms with Crippen molar-refractivity contribution >= 4 is 0 Å². The molecule has 18 heavy (non-hydrogen) atoms. The second-order valence-corrected chi connectivity index (χ2v) is 4.12. The van der Waals surface area contributed by atoms with Crippen molar-refractivity contribution in [2.24, 2.45) is 0 Å². The minimum Gasteiger partial charge on any atom is -0.305 e. The maximum absolute atomic E-state index is 12.9. The number of nitrogens with one attached hydrogen (secondary N) is 1. The van der Waals surface area contributed by atoms with Gasteiger partial charge in [0.05, 0.1) is 17.9 Å². The third-order valence-corrected chi connectivity index (χ3v) is 2.84. The predicted octanol–water partition coefficient (Wildman–Crippen LogP) is 2.62. The number of aryl methyl sites for hydroxylation is 1. The van der Waals surface area contributed by atoms with Crippen molar-refractivity contribution in [1.82, 2.24) is 15.3 Å². The van der Waals surface area contributed by atoms with Crippen LogP contribution in [0.2, 0.25) is 0 Å². The van der Waals surface area contributed by atoms with Gasteiger partial charge in [-0.2, -0.15) is 0 Å². The Balaban J connectivity index is 2.40. The molecule has 1 atom stereocenters. The average Bonchev–Trinajstić information content (AvgIpc) is 2.38. The molecule has 0 saturated heterocycles. The third kappa shape index (κ3) is 2.71. The molecule has 0 bridgehead atoms. The Morgan fingerprint density at radius 2 is 2.11 bits per heavy atom. The number of aromatic nitrogens is 2. The molecule has 2 aromatic heterocycles. The average molecular weight is 245 g/mol. The zero-order chi connectivity index (χ0) is 13.0. The summed E-state index contributed by atoms with van der Waals surface area (Å²) in [6, 6.07) is 5.04. The van der Waals surface area contributed by atoms with Gasteiger partial charge in [-0.1, -0.05) is 6.92 Å². The van der Waals surface area contributed by atoms with Crippen molar-refractivity contribution in [2.45, 2.75) is 19.9 Å². The van der Waals surface area contributed by atoms with E-state index in [0.717, 1.165) is 23.4 Å². The molecule has 0 aliphatic carbocycles. The molecule has 94 valence electrons. The zero-order valence-electron chi connectivity index (χ0n) is 10.5. The summed E-state index contributed by atoms with van der Waals surface area (Å²) in [7, 11) is 0. The van der Waals surface area contributed by atoms with Gasteiger partial charge in [-0.15, -0.1) is 0 Å². The molecule has 2 aromatic rings. The van der Waals surface area contributed by atoms with Crippen molar-refractivity contribution in [1.29, 1.82) is 0 Å².